The number of aromatic nitrogens is 2. The molecule has 3 aromatic carbocycles. The molecule has 1 amide bonds. The van der Waals surface area contributed by atoms with Crippen LogP contribution in [-0.2, 0) is 13.1 Å². The summed E-state index contributed by atoms with van der Waals surface area (Å²) in [7, 11) is 0. The number of carbonyl (C=O) groups excluding carboxylic acids is 1. The van der Waals surface area contributed by atoms with Crippen molar-refractivity contribution >= 4 is 27.9 Å². The van der Waals surface area contributed by atoms with Gasteiger partial charge in [-0.25, -0.2) is 0 Å². The first kappa shape index (κ1) is 18.1. The van der Waals surface area contributed by atoms with Gasteiger partial charge in [0.1, 0.15) is 11.3 Å². The third kappa shape index (κ3) is 3.65. The van der Waals surface area contributed by atoms with Gasteiger partial charge in [-0.05, 0) is 35.9 Å². The highest BCUT2D eigenvalue weighted by atomic mass is 16.3. The molecular formula is C25H19N3O2. The molecule has 0 spiro atoms. The van der Waals surface area contributed by atoms with Gasteiger partial charge in [-0.1, -0.05) is 48.5 Å². The zero-order valence-electron chi connectivity index (χ0n) is 16.2. The molecule has 30 heavy (non-hydrogen) atoms. The summed E-state index contributed by atoms with van der Waals surface area (Å²) in [6.45, 7) is 0.857. The van der Waals surface area contributed by atoms with E-state index in [0.717, 1.165) is 27.8 Å². The van der Waals surface area contributed by atoms with E-state index in [2.05, 4.69) is 9.97 Å². The molecule has 0 aliphatic carbocycles. The lowest BCUT2D eigenvalue weighted by atomic mass is 10.1. The van der Waals surface area contributed by atoms with Crippen molar-refractivity contribution in [2.45, 2.75) is 13.1 Å². The van der Waals surface area contributed by atoms with Gasteiger partial charge >= 0.3 is 0 Å². The Bertz CT molecular complexity index is 1300. The van der Waals surface area contributed by atoms with Crippen LogP contribution in [0.1, 0.15) is 21.7 Å². The average Bonchev–Trinajstić information content (AvgIpc) is 3.21. The predicted molar refractivity (Wildman–Crippen MR) is 116 cm³/mol. The molecule has 5 rings (SSSR count). The molecule has 2 heterocycles. The summed E-state index contributed by atoms with van der Waals surface area (Å²) in [6.07, 6.45) is 3.28. The normalized spacial score (nSPS) is 11.1. The summed E-state index contributed by atoms with van der Waals surface area (Å²) in [5, 5.41) is 1.03. The second-order valence-electron chi connectivity index (χ2n) is 7.16. The lowest BCUT2D eigenvalue weighted by Gasteiger charge is -2.22. The Morgan fingerprint density at radius 2 is 1.57 bits per heavy atom. The quantitative estimate of drug-likeness (QED) is 0.411. The number of furan rings is 1. The van der Waals surface area contributed by atoms with Crippen LogP contribution in [0, 0.1) is 0 Å². The van der Waals surface area contributed by atoms with Crippen molar-refractivity contribution in [3.63, 3.8) is 0 Å². The maximum Gasteiger partial charge on any atom is 0.254 e. The van der Waals surface area contributed by atoms with E-state index in [0.29, 0.717) is 24.2 Å². The van der Waals surface area contributed by atoms with Gasteiger partial charge in [-0.2, -0.15) is 0 Å². The molecule has 146 valence electrons. The van der Waals surface area contributed by atoms with Crippen molar-refractivity contribution in [1.29, 1.82) is 0 Å². The smallest absolute Gasteiger partial charge is 0.254 e. The standard InChI is InChI=1S/C25H19N3O2/c29-25(20-10-11-22-23(15-20)27-13-12-26-22)28(16-18-6-2-1-3-7-18)17-21-14-19-8-4-5-9-24(19)30-21/h1-15H,16-17H2. The third-order valence-corrected chi connectivity index (χ3v) is 5.04. The number of para-hydroxylation sites is 1. The topological polar surface area (TPSA) is 59.2 Å². The molecule has 0 N–H and O–H groups in total. The molecule has 5 nitrogen and oxygen atoms in total. The third-order valence-electron chi connectivity index (χ3n) is 5.04. The molecule has 0 saturated carbocycles. The van der Waals surface area contributed by atoms with Crippen molar-refractivity contribution in [3.8, 4) is 0 Å². The molecular weight excluding hydrogens is 374 g/mol. The largest absolute Gasteiger partial charge is 0.459 e. The van der Waals surface area contributed by atoms with Crippen LogP contribution in [0.25, 0.3) is 22.0 Å². The Labute approximate surface area is 173 Å². The van der Waals surface area contributed by atoms with E-state index in [4.69, 9.17) is 4.42 Å². The van der Waals surface area contributed by atoms with Crippen LogP contribution in [-0.4, -0.2) is 20.8 Å². The molecule has 0 bridgehead atoms. The molecule has 0 saturated heterocycles. The SMILES string of the molecule is O=C(c1ccc2nccnc2c1)N(Cc1ccccc1)Cc1cc2ccccc2o1. The number of hydrogen-bond acceptors (Lipinski definition) is 4. The van der Waals surface area contributed by atoms with Crippen molar-refractivity contribution in [2.75, 3.05) is 0 Å². The van der Waals surface area contributed by atoms with E-state index >= 15 is 0 Å². The number of nitrogens with zero attached hydrogens (tertiary/aromatic N) is 3. The summed E-state index contributed by atoms with van der Waals surface area (Å²) >= 11 is 0. The Kier molecular flexibility index (Phi) is 4.69. The van der Waals surface area contributed by atoms with Crippen molar-refractivity contribution < 1.29 is 9.21 Å². The molecule has 5 aromatic rings. The van der Waals surface area contributed by atoms with E-state index < -0.39 is 0 Å². The van der Waals surface area contributed by atoms with E-state index in [-0.39, 0.29) is 5.91 Å². The zero-order valence-corrected chi connectivity index (χ0v) is 16.2. The minimum atomic E-state index is -0.0770. The molecule has 5 heteroatoms. The number of hydrogen-bond donors (Lipinski definition) is 0. The summed E-state index contributed by atoms with van der Waals surface area (Å²) in [5.41, 5.74) is 3.92. The molecule has 0 fully saturated rings. The summed E-state index contributed by atoms with van der Waals surface area (Å²) in [5.74, 6) is 0.674. The predicted octanol–water partition coefficient (Wildman–Crippen LogP) is 5.22. The Morgan fingerprint density at radius 3 is 2.40 bits per heavy atom. The van der Waals surface area contributed by atoms with Crippen molar-refractivity contribution in [3.05, 3.63) is 108 Å². The van der Waals surface area contributed by atoms with Gasteiger partial charge in [0, 0.05) is 29.9 Å². The number of benzene rings is 3. The molecule has 0 atom stereocenters. The lowest BCUT2D eigenvalue weighted by molar-refractivity contribution is 0.0719. The fraction of sp³-hybridized carbons (Fsp3) is 0.0800. The van der Waals surface area contributed by atoms with Crippen LogP contribution in [0.15, 0.2) is 95.7 Å². The Balaban J connectivity index is 1.49. The summed E-state index contributed by atoms with van der Waals surface area (Å²) in [4.78, 5) is 23.9. The maximum atomic E-state index is 13.4. The van der Waals surface area contributed by atoms with Crippen LogP contribution in [0.3, 0.4) is 0 Å². The zero-order chi connectivity index (χ0) is 20.3. The fourth-order valence-corrected chi connectivity index (χ4v) is 3.59. The van der Waals surface area contributed by atoms with Crippen molar-refractivity contribution in [2.24, 2.45) is 0 Å². The van der Waals surface area contributed by atoms with Gasteiger partial charge in [0.15, 0.2) is 0 Å². The van der Waals surface area contributed by atoms with Gasteiger partial charge in [-0.15, -0.1) is 0 Å². The number of fused-ring (bicyclic) bond motifs is 2. The Hall–Kier alpha value is -3.99. The van der Waals surface area contributed by atoms with Crippen LogP contribution in [0.5, 0.6) is 0 Å². The number of rotatable bonds is 5. The Morgan fingerprint density at radius 1 is 0.800 bits per heavy atom. The maximum absolute atomic E-state index is 13.4. The lowest BCUT2D eigenvalue weighted by Crippen LogP contribution is -2.30. The molecule has 2 aromatic heterocycles. The van der Waals surface area contributed by atoms with Crippen molar-refractivity contribution in [1.82, 2.24) is 14.9 Å². The van der Waals surface area contributed by atoms with Gasteiger partial charge in [0.25, 0.3) is 5.91 Å². The summed E-state index contributed by atoms with van der Waals surface area (Å²) < 4.78 is 5.98. The van der Waals surface area contributed by atoms with Crippen LogP contribution in [0.4, 0.5) is 0 Å². The monoisotopic (exact) mass is 393 g/mol. The van der Waals surface area contributed by atoms with E-state index in [1.165, 1.54) is 0 Å². The van der Waals surface area contributed by atoms with E-state index in [1.54, 1.807) is 29.4 Å². The molecule has 0 aliphatic heterocycles. The fourth-order valence-electron chi connectivity index (χ4n) is 3.59. The number of amides is 1. The van der Waals surface area contributed by atoms with Crippen LogP contribution < -0.4 is 0 Å². The molecule has 0 aliphatic rings. The van der Waals surface area contributed by atoms with E-state index in [9.17, 15) is 4.79 Å². The first-order chi connectivity index (χ1) is 14.8. The highest BCUT2D eigenvalue weighted by molar-refractivity contribution is 5.97. The molecule has 0 radical (unpaired) electrons. The van der Waals surface area contributed by atoms with Crippen LogP contribution in [0.2, 0.25) is 0 Å². The first-order valence-electron chi connectivity index (χ1n) is 9.78. The highest BCUT2D eigenvalue weighted by Crippen LogP contribution is 2.22. The second-order valence-corrected chi connectivity index (χ2v) is 7.16. The van der Waals surface area contributed by atoms with Crippen LogP contribution >= 0.6 is 0 Å². The minimum Gasteiger partial charge on any atom is -0.459 e. The second kappa shape index (κ2) is 7.79. The summed E-state index contributed by atoms with van der Waals surface area (Å²) in [6, 6.07) is 25.2. The van der Waals surface area contributed by atoms with Gasteiger partial charge < -0.3 is 9.32 Å². The van der Waals surface area contributed by atoms with Gasteiger partial charge in [0.05, 0.1) is 17.6 Å². The number of carbonyl (C=O) groups is 1. The average molecular weight is 393 g/mol. The first-order valence-corrected chi connectivity index (χ1v) is 9.78. The minimum absolute atomic E-state index is 0.0770. The highest BCUT2D eigenvalue weighted by Gasteiger charge is 2.19. The van der Waals surface area contributed by atoms with E-state index in [1.807, 2.05) is 66.7 Å². The molecule has 0 unspecified atom stereocenters. The van der Waals surface area contributed by atoms with Gasteiger partial charge in [0.2, 0.25) is 0 Å². The van der Waals surface area contributed by atoms with Gasteiger partial charge in [-0.3, -0.25) is 14.8 Å².